The molecule has 2 rings (SSSR count). The van der Waals surface area contributed by atoms with E-state index in [9.17, 15) is 4.79 Å². The molecule has 88 valence electrons. The SMILES string of the molecule is Cc1ccc(OCc2ncc(C(=O)O)o2)cc1. The monoisotopic (exact) mass is 233 g/mol. The van der Waals surface area contributed by atoms with Crippen molar-refractivity contribution in [3.8, 4) is 5.75 Å². The van der Waals surface area contributed by atoms with Gasteiger partial charge in [0, 0.05) is 0 Å². The number of hydrogen-bond donors (Lipinski definition) is 1. The van der Waals surface area contributed by atoms with E-state index >= 15 is 0 Å². The second-order valence-electron chi connectivity index (χ2n) is 3.53. The van der Waals surface area contributed by atoms with Crippen molar-refractivity contribution in [1.82, 2.24) is 4.98 Å². The molecule has 1 aromatic heterocycles. The van der Waals surface area contributed by atoms with Crippen LogP contribution < -0.4 is 4.74 Å². The van der Waals surface area contributed by atoms with Gasteiger partial charge in [0.15, 0.2) is 6.61 Å². The number of benzene rings is 1. The highest BCUT2D eigenvalue weighted by atomic mass is 16.5. The maximum absolute atomic E-state index is 10.6. The quantitative estimate of drug-likeness (QED) is 0.876. The van der Waals surface area contributed by atoms with Crippen molar-refractivity contribution in [3.05, 3.63) is 47.7 Å². The summed E-state index contributed by atoms with van der Waals surface area (Å²) in [5.74, 6) is -0.403. The molecule has 0 atom stereocenters. The lowest BCUT2D eigenvalue weighted by Crippen LogP contribution is -1.96. The third kappa shape index (κ3) is 2.84. The van der Waals surface area contributed by atoms with Crippen molar-refractivity contribution >= 4 is 5.97 Å². The summed E-state index contributed by atoms with van der Waals surface area (Å²) in [6, 6.07) is 7.51. The van der Waals surface area contributed by atoms with Crippen LogP contribution in [-0.4, -0.2) is 16.1 Å². The van der Waals surface area contributed by atoms with E-state index in [0.717, 1.165) is 11.8 Å². The summed E-state index contributed by atoms with van der Waals surface area (Å²) in [7, 11) is 0. The molecule has 0 radical (unpaired) electrons. The molecule has 0 aliphatic heterocycles. The fourth-order valence-electron chi connectivity index (χ4n) is 1.26. The van der Waals surface area contributed by atoms with Gasteiger partial charge in [0.05, 0.1) is 6.20 Å². The van der Waals surface area contributed by atoms with Crippen molar-refractivity contribution in [3.63, 3.8) is 0 Å². The Hall–Kier alpha value is -2.30. The van der Waals surface area contributed by atoms with Crippen molar-refractivity contribution < 1.29 is 19.1 Å². The van der Waals surface area contributed by atoms with E-state index < -0.39 is 5.97 Å². The Morgan fingerprint density at radius 1 is 1.41 bits per heavy atom. The number of aromatic nitrogens is 1. The van der Waals surface area contributed by atoms with E-state index in [1.54, 1.807) is 0 Å². The molecule has 1 aromatic carbocycles. The van der Waals surface area contributed by atoms with Crippen LogP contribution in [0.25, 0.3) is 0 Å². The molecule has 0 aliphatic rings. The Kier molecular flexibility index (Phi) is 3.09. The maximum atomic E-state index is 10.6. The zero-order valence-corrected chi connectivity index (χ0v) is 9.21. The van der Waals surface area contributed by atoms with Crippen LogP contribution in [-0.2, 0) is 6.61 Å². The number of oxazole rings is 1. The first-order valence-corrected chi connectivity index (χ1v) is 5.02. The minimum atomic E-state index is -1.14. The lowest BCUT2D eigenvalue weighted by molar-refractivity contribution is 0.0658. The van der Waals surface area contributed by atoms with Gasteiger partial charge in [-0.05, 0) is 19.1 Å². The first kappa shape index (κ1) is 11.2. The number of ether oxygens (including phenoxy) is 1. The highest BCUT2D eigenvalue weighted by Crippen LogP contribution is 2.13. The van der Waals surface area contributed by atoms with Crippen molar-refractivity contribution in [2.45, 2.75) is 13.5 Å². The minimum Gasteiger partial charge on any atom is -0.484 e. The van der Waals surface area contributed by atoms with Gasteiger partial charge in [-0.2, -0.15) is 0 Å². The normalized spacial score (nSPS) is 10.2. The van der Waals surface area contributed by atoms with E-state index in [1.165, 1.54) is 0 Å². The molecule has 5 heteroatoms. The fraction of sp³-hybridized carbons (Fsp3) is 0.167. The van der Waals surface area contributed by atoms with E-state index in [-0.39, 0.29) is 18.3 Å². The van der Waals surface area contributed by atoms with Crippen molar-refractivity contribution in [1.29, 1.82) is 0 Å². The molecule has 0 amide bonds. The van der Waals surface area contributed by atoms with Gasteiger partial charge < -0.3 is 14.3 Å². The van der Waals surface area contributed by atoms with Gasteiger partial charge in [-0.3, -0.25) is 0 Å². The molecular formula is C12H11NO4. The molecule has 0 bridgehead atoms. The van der Waals surface area contributed by atoms with Gasteiger partial charge in [0.2, 0.25) is 11.7 Å². The van der Waals surface area contributed by atoms with Gasteiger partial charge in [0.25, 0.3) is 0 Å². The van der Waals surface area contributed by atoms with Crippen molar-refractivity contribution in [2.24, 2.45) is 0 Å². The third-order valence-corrected chi connectivity index (χ3v) is 2.15. The van der Waals surface area contributed by atoms with Gasteiger partial charge in [0.1, 0.15) is 5.75 Å². The van der Waals surface area contributed by atoms with Gasteiger partial charge in [-0.1, -0.05) is 17.7 Å². The molecule has 0 fully saturated rings. The summed E-state index contributed by atoms with van der Waals surface area (Å²) in [5, 5.41) is 8.64. The van der Waals surface area contributed by atoms with Crippen LogP contribution in [0.1, 0.15) is 22.0 Å². The molecule has 0 saturated carbocycles. The van der Waals surface area contributed by atoms with Gasteiger partial charge >= 0.3 is 5.97 Å². The molecule has 1 heterocycles. The molecule has 17 heavy (non-hydrogen) atoms. The highest BCUT2D eigenvalue weighted by molar-refractivity contribution is 5.83. The van der Waals surface area contributed by atoms with Crippen LogP contribution in [0.3, 0.4) is 0 Å². The Bertz CT molecular complexity index is 516. The molecule has 0 aliphatic carbocycles. The zero-order chi connectivity index (χ0) is 12.3. The van der Waals surface area contributed by atoms with Crippen molar-refractivity contribution in [2.75, 3.05) is 0 Å². The average molecular weight is 233 g/mol. The van der Waals surface area contributed by atoms with E-state index in [1.807, 2.05) is 31.2 Å². The predicted octanol–water partition coefficient (Wildman–Crippen LogP) is 2.26. The lowest BCUT2D eigenvalue weighted by atomic mass is 10.2. The summed E-state index contributed by atoms with van der Waals surface area (Å²) in [4.78, 5) is 14.3. The van der Waals surface area contributed by atoms with Crippen LogP contribution in [0.4, 0.5) is 0 Å². The Balaban J connectivity index is 1.97. The summed E-state index contributed by atoms with van der Waals surface area (Å²) in [5.41, 5.74) is 1.14. The second-order valence-corrected chi connectivity index (χ2v) is 3.53. The van der Waals surface area contributed by atoms with E-state index in [0.29, 0.717) is 5.75 Å². The average Bonchev–Trinajstić information content (AvgIpc) is 2.77. The summed E-state index contributed by atoms with van der Waals surface area (Å²) in [6.45, 7) is 2.09. The largest absolute Gasteiger partial charge is 0.484 e. The third-order valence-electron chi connectivity index (χ3n) is 2.15. The zero-order valence-electron chi connectivity index (χ0n) is 9.21. The number of hydrogen-bond acceptors (Lipinski definition) is 4. The van der Waals surface area contributed by atoms with Crippen LogP contribution in [0.2, 0.25) is 0 Å². The summed E-state index contributed by atoms with van der Waals surface area (Å²) in [6.07, 6.45) is 1.16. The first-order chi connectivity index (χ1) is 8.15. The van der Waals surface area contributed by atoms with Crippen LogP contribution in [0.15, 0.2) is 34.9 Å². The molecule has 0 unspecified atom stereocenters. The number of nitrogens with zero attached hydrogens (tertiary/aromatic N) is 1. The van der Waals surface area contributed by atoms with Crippen LogP contribution in [0.5, 0.6) is 5.75 Å². The van der Waals surface area contributed by atoms with E-state index in [4.69, 9.17) is 14.3 Å². The maximum Gasteiger partial charge on any atom is 0.373 e. The van der Waals surface area contributed by atoms with Gasteiger partial charge in [-0.15, -0.1) is 0 Å². The molecule has 0 spiro atoms. The summed E-state index contributed by atoms with van der Waals surface area (Å²) >= 11 is 0. The second kappa shape index (κ2) is 4.69. The molecule has 0 saturated heterocycles. The molecule has 1 N–H and O–H groups in total. The lowest BCUT2D eigenvalue weighted by Gasteiger charge is -2.03. The highest BCUT2D eigenvalue weighted by Gasteiger charge is 2.10. The fourth-order valence-corrected chi connectivity index (χ4v) is 1.26. The number of carboxylic acids is 1. The summed E-state index contributed by atoms with van der Waals surface area (Å²) < 4.78 is 10.3. The van der Waals surface area contributed by atoms with Crippen LogP contribution in [0, 0.1) is 6.92 Å². The Labute approximate surface area is 97.7 Å². The first-order valence-electron chi connectivity index (χ1n) is 5.02. The Morgan fingerprint density at radius 3 is 2.71 bits per heavy atom. The topological polar surface area (TPSA) is 72.6 Å². The number of rotatable bonds is 4. The van der Waals surface area contributed by atoms with Crippen LogP contribution >= 0.6 is 0 Å². The Morgan fingerprint density at radius 2 is 2.12 bits per heavy atom. The molecular weight excluding hydrogens is 222 g/mol. The number of carboxylic acid groups (broad SMARTS) is 1. The number of aryl methyl sites for hydroxylation is 1. The standard InChI is InChI=1S/C12H11NO4/c1-8-2-4-9(5-3-8)16-7-11-13-6-10(17-11)12(14)15/h2-6H,7H2,1H3,(H,14,15). The minimum absolute atomic E-state index is 0.107. The van der Waals surface area contributed by atoms with E-state index in [2.05, 4.69) is 4.98 Å². The smallest absolute Gasteiger partial charge is 0.373 e. The number of carbonyl (C=O) groups is 1. The number of aromatic carboxylic acids is 1. The predicted molar refractivity (Wildman–Crippen MR) is 59.0 cm³/mol. The van der Waals surface area contributed by atoms with Gasteiger partial charge in [-0.25, -0.2) is 9.78 Å². The molecule has 5 nitrogen and oxygen atoms in total. The molecule has 2 aromatic rings.